The summed E-state index contributed by atoms with van der Waals surface area (Å²) in [6, 6.07) is 14.0. The molecule has 2 N–H and O–H groups in total. The highest BCUT2D eigenvalue weighted by atomic mass is 35.5. The van der Waals surface area contributed by atoms with Gasteiger partial charge in [0.2, 0.25) is 5.91 Å². The van der Waals surface area contributed by atoms with Crippen LogP contribution in [-0.4, -0.2) is 23.8 Å². The second-order valence-electron chi connectivity index (χ2n) is 6.81. The third kappa shape index (κ3) is 3.62. The molecule has 2 aromatic rings. The normalized spacial score (nSPS) is 22.0. The van der Waals surface area contributed by atoms with E-state index in [0.29, 0.717) is 16.7 Å². The van der Waals surface area contributed by atoms with E-state index in [4.69, 9.17) is 16.6 Å². The number of nitrogens with one attached hydrogen (secondary N) is 2. The fraction of sp³-hybridized carbons (Fsp3) is 0.300. The lowest BCUT2D eigenvalue weighted by atomic mass is 10.0. The number of anilines is 1. The molecule has 0 spiro atoms. The number of rotatable bonds is 3. The molecule has 0 radical (unpaired) electrons. The molecule has 1 fully saturated rings. The number of aliphatic imine (C=N–C) groups is 1. The van der Waals surface area contributed by atoms with Gasteiger partial charge in [0.25, 0.3) is 0 Å². The highest BCUT2D eigenvalue weighted by molar-refractivity contribution is 8.13. The van der Waals surface area contributed by atoms with Crippen molar-refractivity contribution in [2.24, 2.45) is 10.9 Å². The molecule has 5 nitrogen and oxygen atoms in total. The minimum atomic E-state index is -0.228. The third-order valence-corrected chi connectivity index (χ3v) is 6.37. The summed E-state index contributed by atoms with van der Waals surface area (Å²) in [5, 5.41) is 1.34. The predicted octanol–water partition coefficient (Wildman–Crippen LogP) is 3.64. The Hall–Kier alpha value is -1.86. The van der Waals surface area contributed by atoms with Gasteiger partial charge in [-0.05, 0) is 42.7 Å². The predicted molar refractivity (Wildman–Crippen MR) is 112 cm³/mol. The summed E-state index contributed by atoms with van der Waals surface area (Å²) >= 11 is 7.90. The number of aryl methyl sites for hydroxylation is 2. The lowest BCUT2D eigenvalue weighted by Crippen LogP contribution is -2.49. The van der Waals surface area contributed by atoms with Gasteiger partial charge in [-0.3, -0.25) is 15.1 Å². The largest absolute Gasteiger partial charge is 0.274 e. The number of hydrogen-bond donors (Lipinski definition) is 2. The van der Waals surface area contributed by atoms with Crippen LogP contribution in [0.25, 0.3) is 0 Å². The summed E-state index contributed by atoms with van der Waals surface area (Å²) in [6.45, 7) is 4.62. The van der Waals surface area contributed by atoms with E-state index in [-0.39, 0.29) is 18.0 Å². The number of carbonyl (C=O) groups is 1. The number of fused-ring (bicyclic) bond motifs is 1. The molecule has 0 saturated carbocycles. The van der Waals surface area contributed by atoms with Crippen molar-refractivity contribution in [1.29, 1.82) is 0 Å². The average molecular weight is 401 g/mol. The van der Waals surface area contributed by atoms with Gasteiger partial charge in [-0.15, -0.1) is 0 Å². The number of halogens is 1. The molecule has 7 heteroatoms. The van der Waals surface area contributed by atoms with E-state index in [1.54, 1.807) is 16.7 Å². The maximum Gasteiger partial charge on any atom is 0.241 e. The molecule has 0 aromatic heterocycles. The van der Waals surface area contributed by atoms with Crippen LogP contribution in [0.3, 0.4) is 0 Å². The summed E-state index contributed by atoms with van der Waals surface area (Å²) < 4.78 is 0. The van der Waals surface area contributed by atoms with Gasteiger partial charge in [0.15, 0.2) is 5.17 Å². The molecule has 2 heterocycles. The maximum absolute atomic E-state index is 13.2. The number of hydrazine groups is 1. The minimum Gasteiger partial charge on any atom is -0.274 e. The molecule has 4 rings (SSSR count). The second kappa shape index (κ2) is 7.64. The number of benzene rings is 2. The molecule has 0 bridgehead atoms. The standard InChI is InChI=1S/C20H21ClN4OS/c1-12-5-3-4-6-14(12)11-27-20-23-18-16(10-22-24-18)19(26)25(20)15-8-7-13(2)17(21)9-15/h3-9,16,18,22,24H,10-11H2,1-2H3. The van der Waals surface area contributed by atoms with Crippen LogP contribution >= 0.6 is 23.4 Å². The van der Waals surface area contributed by atoms with E-state index in [1.807, 2.05) is 37.3 Å². The van der Waals surface area contributed by atoms with Crippen LogP contribution in [0, 0.1) is 19.8 Å². The summed E-state index contributed by atoms with van der Waals surface area (Å²) in [5.41, 5.74) is 10.4. The molecule has 140 valence electrons. The number of thioether (sulfide) groups is 1. The topological polar surface area (TPSA) is 56.7 Å². The molecule has 1 saturated heterocycles. The highest BCUT2D eigenvalue weighted by Crippen LogP contribution is 2.32. The molecule has 2 aliphatic rings. The van der Waals surface area contributed by atoms with Gasteiger partial charge in [0.05, 0.1) is 11.6 Å². The molecule has 27 heavy (non-hydrogen) atoms. The Bertz CT molecular complexity index is 917. The van der Waals surface area contributed by atoms with Gasteiger partial charge in [-0.25, -0.2) is 10.4 Å². The molecular formula is C20H21ClN4OS. The van der Waals surface area contributed by atoms with Crippen LogP contribution in [0.2, 0.25) is 5.02 Å². The van der Waals surface area contributed by atoms with Gasteiger partial charge in [-0.2, -0.15) is 0 Å². The van der Waals surface area contributed by atoms with Crippen LogP contribution in [0.15, 0.2) is 47.5 Å². The van der Waals surface area contributed by atoms with Gasteiger partial charge >= 0.3 is 0 Å². The summed E-state index contributed by atoms with van der Waals surface area (Å²) in [6.07, 6.45) is -0.228. The van der Waals surface area contributed by atoms with Crippen molar-refractivity contribution in [3.8, 4) is 0 Å². The lowest BCUT2D eigenvalue weighted by Gasteiger charge is -2.32. The Morgan fingerprint density at radius 1 is 1.22 bits per heavy atom. The average Bonchev–Trinajstić information content (AvgIpc) is 3.13. The number of amidine groups is 1. The van der Waals surface area contributed by atoms with Gasteiger partial charge in [0.1, 0.15) is 6.17 Å². The second-order valence-corrected chi connectivity index (χ2v) is 8.16. The quantitative estimate of drug-likeness (QED) is 0.825. The molecule has 2 aromatic carbocycles. The molecule has 2 atom stereocenters. The van der Waals surface area contributed by atoms with E-state index in [9.17, 15) is 4.79 Å². The summed E-state index contributed by atoms with van der Waals surface area (Å²) in [7, 11) is 0. The highest BCUT2D eigenvalue weighted by Gasteiger charge is 2.42. The maximum atomic E-state index is 13.2. The van der Waals surface area contributed by atoms with E-state index < -0.39 is 0 Å². The minimum absolute atomic E-state index is 0.0414. The number of amides is 1. The zero-order valence-corrected chi connectivity index (χ0v) is 16.8. The van der Waals surface area contributed by atoms with E-state index in [0.717, 1.165) is 17.0 Å². The first-order valence-corrected chi connectivity index (χ1v) is 10.2. The Morgan fingerprint density at radius 2 is 2.04 bits per heavy atom. The zero-order chi connectivity index (χ0) is 19.0. The fourth-order valence-corrected chi connectivity index (χ4v) is 4.54. The number of hydrogen-bond acceptors (Lipinski definition) is 5. The van der Waals surface area contributed by atoms with E-state index >= 15 is 0 Å². The van der Waals surface area contributed by atoms with Crippen LogP contribution < -0.4 is 15.8 Å². The van der Waals surface area contributed by atoms with Gasteiger partial charge < -0.3 is 0 Å². The Kier molecular flexibility index (Phi) is 5.23. The Morgan fingerprint density at radius 3 is 2.81 bits per heavy atom. The number of carbonyl (C=O) groups excluding carboxylic acids is 1. The van der Waals surface area contributed by atoms with Crippen LogP contribution in [0.1, 0.15) is 16.7 Å². The Labute approximate surface area is 168 Å². The van der Waals surface area contributed by atoms with Crippen LogP contribution in [0.4, 0.5) is 5.69 Å². The molecular weight excluding hydrogens is 380 g/mol. The van der Waals surface area contributed by atoms with Crippen LogP contribution in [-0.2, 0) is 10.5 Å². The van der Waals surface area contributed by atoms with Crippen molar-refractivity contribution in [3.05, 3.63) is 64.2 Å². The van der Waals surface area contributed by atoms with Crippen molar-refractivity contribution < 1.29 is 4.79 Å². The van der Waals surface area contributed by atoms with Crippen molar-refractivity contribution in [3.63, 3.8) is 0 Å². The molecule has 0 aliphatic carbocycles. The van der Waals surface area contributed by atoms with Crippen molar-refractivity contribution in [2.75, 3.05) is 11.4 Å². The first kappa shape index (κ1) is 18.5. The molecule has 2 unspecified atom stereocenters. The van der Waals surface area contributed by atoms with E-state index in [1.165, 1.54) is 11.1 Å². The number of nitrogens with zero attached hydrogens (tertiary/aromatic N) is 2. The molecule has 2 aliphatic heterocycles. The summed E-state index contributed by atoms with van der Waals surface area (Å²) in [4.78, 5) is 19.7. The molecule has 1 amide bonds. The van der Waals surface area contributed by atoms with Crippen molar-refractivity contribution in [2.45, 2.75) is 25.8 Å². The zero-order valence-electron chi connectivity index (χ0n) is 15.2. The summed E-state index contributed by atoms with van der Waals surface area (Å²) in [5.74, 6) is 0.576. The van der Waals surface area contributed by atoms with Gasteiger partial charge in [-0.1, -0.05) is 53.7 Å². The van der Waals surface area contributed by atoms with E-state index in [2.05, 4.69) is 29.9 Å². The van der Waals surface area contributed by atoms with Crippen molar-refractivity contribution in [1.82, 2.24) is 10.9 Å². The smallest absolute Gasteiger partial charge is 0.241 e. The lowest BCUT2D eigenvalue weighted by molar-refractivity contribution is -0.121. The SMILES string of the molecule is Cc1ccc(N2C(=O)C3CNNC3N=C2SCc2ccccc2C)cc1Cl. The monoisotopic (exact) mass is 400 g/mol. The first-order chi connectivity index (χ1) is 13.0. The van der Waals surface area contributed by atoms with Crippen molar-refractivity contribution >= 4 is 40.1 Å². The van der Waals surface area contributed by atoms with Gasteiger partial charge in [0, 0.05) is 17.3 Å². The third-order valence-electron chi connectivity index (χ3n) is 4.96. The first-order valence-electron chi connectivity index (χ1n) is 8.88. The fourth-order valence-electron chi connectivity index (χ4n) is 3.24. The Balaban J connectivity index is 1.67. The van der Waals surface area contributed by atoms with Crippen LogP contribution in [0.5, 0.6) is 0 Å².